The molecule has 8 heteroatoms. The van der Waals surface area contributed by atoms with Crippen molar-refractivity contribution in [1.29, 1.82) is 0 Å². The summed E-state index contributed by atoms with van der Waals surface area (Å²) in [5.41, 5.74) is 1.83. The van der Waals surface area contributed by atoms with Gasteiger partial charge in [0.15, 0.2) is 5.16 Å². The average molecular weight is 341 g/mol. The second kappa shape index (κ2) is 7.62. The molecule has 0 aliphatic rings. The second-order valence-electron chi connectivity index (χ2n) is 4.86. The first kappa shape index (κ1) is 16.8. The Morgan fingerprint density at radius 3 is 3.00 bits per heavy atom. The van der Waals surface area contributed by atoms with Gasteiger partial charge in [-0.25, -0.2) is 0 Å². The number of carbonyl (C=O) groups is 1. The number of benzene rings is 1. The number of aliphatic hydroxyl groups is 1. The van der Waals surface area contributed by atoms with Gasteiger partial charge < -0.3 is 10.4 Å². The van der Waals surface area contributed by atoms with E-state index in [0.29, 0.717) is 10.2 Å². The number of rotatable bonds is 6. The molecule has 1 atom stereocenters. The smallest absolute Gasteiger partial charge is 0.230 e. The Labute approximate surface area is 137 Å². The Bertz CT molecular complexity index is 660. The van der Waals surface area contributed by atoms with Crippen LogP contribution in [-0.4, -0.2) is 44.2 Å². The van der Waals surface area contributed by atoms with Gasteiger partial charge in [-0.05, 0) is 31.5 Å². The Morgan fingerprint density at radius 2 is 2.32 bits per heavy atom. The lowest BCUT2D eigenvalue weighted by atomic mass is 10.2. The highest BCUT2D eigenvalue weighted by atomic mass is 35.5. The van der Waals surface area contributed by atoms with Crippen LogP contribution in [0.4, 0.5) is 0 Å². The number of aromatic nitrogens is 3. The molecule has 2 N–H and O–H groups in total. The van der Waals surface area contributed by atoms with Crippen LogP contribution in [0.3, 0.4) is 0 Å². The van der Waals surface area contributed by atoms with E-state index in [9.17, 15) is 4.79 Å². The minimum Gasteiger partial charge on any atom is -0.392 e. The molecule has 1 amide bonds. The summed E-state index contributed by atoms with van der Waals surface area (Å²) in [5.74, 6) is 0.0350. The molecule has 0 bridgehead atoms. The number of aliphatic hydroxyl groups excluding tert-OH is 1. The van der Waals surface area contributed by atoms with Crippen LogP contribution in [0.15, 0.2) is 29.7 Å². The largest absolute Gasteiger partial charge is 0.392 e. The Hall–Kier alpha value is -1.57. The summed E-state index contributed by atoms with van der Waals surface area (Å²) in [5, 5.41) is 20.9. The fraction of sp³-hybridized carbons (Fsp3) is 0.357. The van der Waals surface area contributed by atoms with Crippen LogP contribution in [0.2, 0.25) is 5.02 Å². The Balaban J connectivity index is 2.03. The van der Waals surface area contributed by atoms with E-state index in [4.69, 9.17) is 16.7 Å². The van der Waals surface area contributed by atoms with Gasteiger partial charge in [-0.3, -0.25) is 9.36 Å². The van der Waals surface area contributed by atoms with Crippen molar-refractivity contribution < 1.29 is 9.90 Å². The number of aryl methyl sites for hydroxylation is 1. The molecule has 0 spiro atoms. The number of amides is 1. The summed E-state index contributed by atoms with van der Waals surface area (Å²) in [6.45, 7) is 3.78. The van der Waals surface area contributed by atoms with E-state index in [0.717, 1.165) is 11.3 Å². The lowest BCUT2D eigenvalue weighted by Gasteiger charge is -2.09. The number of nitrogens with one attached hydrogen (secondary N) is 1. The number of carbonyl (C=O) groups excluding carboxylic acids is 1. The van der Waals surface area contributed by atoms with Crippen molar-refractivity contribution >= 4 is 29.3 Å². The molecule has 118 valence electrons. The van der Waals surface area contributed by atoms with Crippen molar-refractivity contribution in [1.82, 2.24) is 20.1 Å². The molecule has 1 aromatic heterocycles. The van der Waals surface area contributed by atoms with Gasteiger partial charge in [-0.1, -0.05) is 29.4 Å². The highest BCUT2D eigenvalue weighted by Gasteiger charge is 2.11. The molecule has 0 saturated carbocycles. The van der Waals surface area contributed by atoms with E-state index >= 15 is 0 Å². The summed E-state index contributed by atoms with van der Waals surface area (Å²) >= 11 is 7.40. The summed E-state index contributed by atoms with van der Waals surface area (Å²) in [6.07, 6.45) is 1.02. The highest BCUT2D eigenvalue weighted by Crippen LogP contribution is 2.23. The zero-order valence-corrected chi connectivity index (χ0v) is 13.9. The van der Waals surface area contributed by atoms with Gasteiger partial charge in [-0.15, -0.1) is 10.2 Å². The predicted molar refractivity (Wildman–Crippen MR) is 86.5 cm³/mol. The normalized spacial score (nSPS) is 12.2. The van der Waals surface area contributed by atoms with Crippen molar-refractivity contribution in [2.24, 2.45) is 0 Å². The fourth-order valence-electron chi connectivity index (χ4n) is 1.67. The maximum absolute atomic E-state index is 11.7. The van der Waals surface area contributed by atoms with Gasteiger partial charge >= 0.3 is 0 Å². The van der Waals surface area contributed by atoms with Crippen LogP contribution >= 0.6 is 23.4 Å². The van der Waals surface area contributed by atoms with Crippen molar-refractivity contribution in [2.75, 3.05) is 12.3 Å². The van der Waals surface area contributed by atoms with Crippen molar-refractivity contribution in [3.8, 4) is 5.69 Å². The van der Waals surface area contributed by atoms with E-state index in [1.165, 1.54) is 11.8 Å². The highest BCUT2D eigenvalue weighted by molar-refractivity contribution is 7.99. The number of hydrogen-bond donors (Lipinski definition) is 2. The van der Waals surface area contributed by atoms with Crippen LogP contribution in [0.25, 0.3) is 5.69 Å². The Morgan fingerprint density at radius 1 is 1.55 bits per heavy atom. The number of halogens is 1. The first-order valence-corrected chi connectivity index (χ1v) is 8.08. The maximum atomic E-state index is 11.7. The van der Waals surface area contributed by atoms with Crippen LogP contribution in [0.5, 0.6) is 0 Å². The van der Waals surface area contributed by atoms with Crippen molar-refractivity contribution in [2.45, 2.75) is 25.1 Å². The summed E-state index contributed by atoms with van der Waals surface area (Å²) in [4.78, 5) is 11.7. The van der Waals surface area contributed by atoms with Crippen LogP contribution in [-0.2, 0) is 4.79 Å². The quantitative estimate of drug-likeness (QED) is 0.784. The van der Waals surface area contributed by atoms with E-state index in [1.54, 1.807) is 17.8 Å². The molecule has 0 radical (unpaired) electrons. The maximum Gasteiger partial charge on any atom is 0.230 e. The Kier molecular flexibility index (Phi) is 5.82. The van der Waals surface area contributed by atoms with E-state index in [2.05, 4.69) is 15.5 Å². The molecule has 1 heterocycles. The first-order valence-electron chi connectivity index (χ1n) is 6.71. The van der Waals surface area contributed by atoms with Gasteiger partial charge in [0.2, 0.25) is 5.91 Å². The van der Waals surface area contributed by atoms with Crippen LogP contribution < -0.4 is 5.32 Å². The number of hydrogen-bond acceptors (Lipinski definition) is 5. The van der Waals surface area contributed by atoms with Crippen molar-refractivity contribution in [3.63, 3.8) is 0 Å². The minimum absolute atomic E-state index is 0.164. The van der Waals surface area contributed by atoms with Gasteiger partial charge in [0.05, 0.1) is 17.5 Å². The monoisotopic (exact) mass is 340 g/mol. The molecule has 6 nitrogen and oxygen atoms in total. The summed E-state index contributed by atoms with van der Waals surface area (Å²) in [7, 11) is 0. The lowest BCUT2D eigenvalue weighted by molar-refractivity contribution is -0.118. The third-order valence-electron chi connectivity index (χ3n) is 2.88. The zero-order chi connectivity index (χ0) is 16.1. The van der Waals surface area contributed by atoms with Gasteiger partial charge in [0.1, 0.15) is 6.33 Å². The second-order valence-corrected chi connectivity index (χ2v) is 6.21. The molecule has 0 aliphatic heterocycles. The van der Waals surface area contributed by atoms with Crippen molar-refractivity contribution in [3.05, 3.63) is 35.1 Å². The minimum atomic E-state index is -0.563. The molecule has 0 saturated heterocycles. The third kappa shape index (κ3) is 4.46. The van der Waals surface area contributed by atoms with Gasteiger partial charge in [-0.2, -0.15) is 0 Å². The lowest BCUT2D eigenvalue weighted by Crippen LogP contribution is -2.31. The van der Waals surface area contributed by atoms with Gasteiger partial charge in [0.25, 0.3) is 0 Å². The van der Waals surface area contributed by atoms with Crippen LogP contribution in [0, 0.1) is 6.92 Å². The molecule has 1 unspecified atom stereocenters. The summed E-state index contributed by atoms with van der Waals surface area (Å²) < 4.78 is 1.78. The summed E-state index contributed by atoms with van der Waals surface area (Å²) in [6, 6.07) is 5.67. The average Bonchev–Trinajstić information content (AvgIpc) is 2.94. The van der Waals surface area contributed by atoms with E-state index < -0.39 is 6.10 Å². The predicted octanol–water partition coefficient (Wildman–Crippen LogP) is 1.82. The fourth-order valence-corrected chi connectivity index (χ4v) is 2.61. The van der Waals surface area contributed by atoms with E-state index in [1.807, 2.05) is 25.1 Å². The third-order valence-corrected chi connectivity index (χ3v) is 4.23. The molecule has 2 rings (SSSR count). The topological polar surface area (TPSA) is 80.0 Å². The molecule has 1 aromatic carbocycles. The van der Waals surface area contributed by atoms with Gasteiger partial charge in [0, 0.05) is 11.6 Å². The molecule has 22 heavy (non-hydrogen) atoms. The molecular weight excluding hydrogens is 324 g/mol. The number of thioether (sulfide) groups is 1. The molecule has 0 fully saturated rings. The molecular formula is C14H17ClN4O2S. The zero-order valence-electron chi connectivity index (χ0n) is 12.3. The molecule has 2 aromatic rings. The van der Waals surface area contributed by atoms with E-state index in [-0.39, 0.29) is 18.2 Å². The van der Waals surface area contributed by atoms with Crippen LogP contribution in [0.1, 0.15) is 12.5 Å². The SMILES string of the molecule is Cc1ccc(-n2cnnc2SCC(=O)NCC(C)O)cc1Cl. The standard InChI is InChI=1S/C14H17ClN4O2S/c1-9-3-4-11(5-12(9)15)19-8-17-18-14(19)22-7-13(21)16-6-10(2)20/h3-5,8,10,20H,6-7H2,1-2H3,(H,16,21). The number of nitrogens with zero attached hydrogens (tertiary/aromatic N) is 3. The first-order chi connectivity index (χ1) is 10.5. The molecule has 0 aliphatic carbocycles.